The highest BCUT2D eigenvalue weighted by molar-refractivity contribution is 7.86. The number of hydrogen-bond donors (Lipinski definition) is 5. The van der Waals surface area contributed by atoms with Gasteiger partial charge in [-0.05, 0) is 17.5 Å². The fourth-order valence-corrected chi connectivity index (χ4v) is 3.01. The van der Waals surface area contributed by atoms with E-state index in [1.165, 1.54) is 0 Å². The molecule has 0 aromatic heterocycles. The van der Waals surface area contributed by atoms with Crippen LogP contribution in [0.3, 0.4) is 0 Å². The minimum absolute atomic E-state index is 0.262. The van der Waals surface area contributed by atoms with E-state index in [-0.39, 0.29) is 10.8 Å². The van der Waals surface area contributed by atoms with Crippen molar-refractivity contribution >= 4 is 36.7 Å². The number of nitrogen functional groups attached to an aromatic ring is 1. The molecule has 2 aromatic rings. The van der Waals surface area contributed by atoms with Crippen molar-refractivity contribution in [3.8, 4) is 11.5 Å². The van der Waals surface area contributed by atoms with Gasteiger partial charge in [0, 0.05) is 6.07 Å². The van der Waals surface area contributed by atoms with Gasteiger partial charge < -0.3 is 15.9 Å². The number of anilines is 1. The van der Waals surface area contributed by atoms with Gasteiger partial charge in [0.1, 0.15) is 10.6 Å². The Labute approximate surface area is 118 Å². The van der Waals surface area contributed by atoms with Gasteiger partial charge in [0.25, 0.3) is 20.2 Å². The normalized spacial score (nSPS) is 12.7. The molecule has 0 saturated carbocycles. The SMILES string of the molecule is Nc1c(S(=O)(=O)O)cc2cc(S(=O)(=O)O)cc(O)c2c1O. The van der Waals surface area contributed by atoms with Crippen molar-refractivity contribution in [1.29, 1.82) is 0 Å². The van der Waals surface area contributed by atoms with Crippen LogP contribution in [0.15, 0.2) is 28.0 Å². The van der Waals surface area contributed by atoms with Crippen LogP contribution in [0.1, 0.15) is 0 Å². The van der Waals surface area contributed by atoms with Crippen molar-refractivity contribution < 1.29 is 36.2 Å². The van der Waals surface area contributed by atoms with Crippen molar-refractivity contribution in [2.45, 2.75) is 9.79 Å². The molecule has 114 valence electrons. The molecular formula is C10H9NO8S2. The van der Waals surface area contributed by atoms with Gasteiger partial charge in [0.15, 0.2) is 5.75 Å². The zero-order valence-corrected chi connectivity index (χ0v) is 11.7. The molecule has 0 unspecified atom stereocenters. The number of benzene rings is 2. The topological polar surface area (TPSA) is 175 Å². The smallest absolute Gasteiger partial charge is 0.296 e. The van der Waals surface area contributed by atoms with E-state index in [0.717, 1.165) is 12.1 Å². The van der Waals surface area contributed by atoms with Gasteiger partial charge in [-0.1, -0.05) is 0 Å². The Morgan fingerprint density at radius 3 is 1.95 bits per heavy atom. The molecule has 0 aliphatic carbocycles. The molecule has 0 atom stereocenters. The van der Waals surface area contributed by atoms with E-state index < -0.39 is 47.2 Å². The van der Waals surface area contributed by atoms with E-state index in [4.69, 9.17) is 14.8 Å². The fourth-order valence-electron chi connectivity index (χ4n) is 1.83. The summed E-state index contributed by atoms with van der Waals surface area (Å²) in [5, 5.41) is 18.9. The highest BCUT2D eigenvalue weighted by atomic mass is 32.2. The van der Waals surface area contributed by atoms with Gasteiger partial charge in [-0.3, -0.25) is 9.11 Å². The third kappa shape index (κ3) is 2.58. The average Bonchev–Trinajstić information content (AvgIpc) is 2.30. The Hall–Kier alpha value is -2.08. The summed E-state index contributed by atoms with van der Waals surface area (Å²) in [7, 11) is -9.46. The number of hydrogen-bond acceptors (Lipinski definition) is 7. The van der Waals surface area contributed by atoms with E-state index in [1.807, 2.05) is 0 Å². The van der Waals surface area contributed by atoms with Gasteiger partial charge in [-0.25, -0.2) is 0 Å². The van der Waals surface area contributed by atoms with Gasteiger partial charge in [0.05, 0.1) is 16.0 Å². The molecule has 0 heterocycles. The lowest BCUT2D eigenvalue weighted by molar-refractivity contribution is 0.458. The molecule has 0 bridgehead atoms. The van der Waals surface area contributed by atoms with E-state index in [9.17, 15) is 27.0 Å². The van der Waals surface area contributed by atoms with Crippen LogP contribution in [0.5, 0.6) is 11.5 Å². The third-order valence-electron chi connectivity index (χ3n) is 2.74. The number of aromatic hydroxyl groups is 2. The quantitative estimate of drug-likeness (QED) is 0.294. The third-order valence-corrected chi connectivity index (χ3v) is 4.47. The number of phenolic OH excluding ortho intramolecular Hbond substituents is 2. The highest BCUT2D eigenvalue weighted by Gasteiger charge is 2.23. The van der Waals surface area contributed by atoms with Crippen LogP contribution >= 0.6 is 0 Å². The molecule has 21 heavy (non-hydrogen) atoms. The zero-order valence-electron chi connectivity index (χ0n) is 10.0. The van der Waals surface area contributed by atoms with Gasteiger partial charge in [-0.2, -0.15) is 16.8 Å². The monoisotopic (exact) mass is 335 g/mol. The molecule has 2 rings (SSSR count). The molecule has 0 aliphatic heterocycles. The molecule has 0 saturated heterocycles. The Morgan fingerprint density at radius 1 is 0.905 bits per heavy atom. The van der Waals surface area contributed by atoms with Crippen molar-refractivity contribution in [2.24, 2.45) is 0 Å². The summed E-state index contributed by atoms with van der Waals surface area (Å²) < 4.78 is 62.3. The highest BCUT2D eigenvalue weighted by Crippen LogP contribution is 2.41. The largest absolute Gasteiger partial charge is 0.507 e. The first-order valence-electron chi connectivity index (χ1n) is 5.16. The molecule has 0 fully saturated rings. The van der Waals surface area contributed by atoms with E-state index >= 15 is 0 Å². The minimum atomic E-state index is -4.79. The summed E-state index contributed by atoms with van der Waals surface area (Å²) in [6.07, 6.45) is 0. The van der Waals surface area contributed by atoms with Gasteiger partial charge in [-0.15, -0.1) is 0 Å². The van der Waals surface area contributed by atoms with Crippen LogP contribution in [-0.2, 0) is 20.2 Å². The standard InChI is InChI=1S/C10H9NO8S2/c11-9-7(21(17,18)19)2-4-1-5(20(14,15)16)3-6(12)8(4)10(9)13/h1-3,12-13H,11H2,(H,14,15,16)(H,17,18,19). The predicted molar refractivity (Wildman–Crippen MR) is 71.3 cm³/mol. The molecular weight excluding hydrogens is 326 g/mol. The summed E-state index contributed by atoms with van der Waals surface area (Å²) in [6.45, 7) is 0. The maximum Gasteiger partial charge on any atom is 0.296 e. The van der Waals surface area contributed by atoms with Crippen molar-refractivity contribution in [1.82, 2.24) is 0 Å². The first-order chi connectivity index (χ1) is 9.43. The second-order valence-corrected chi connectivity index (χ2v) is 6.94. The summed E-state index contributed by atoms with van der Waals surface area (Å²) in [5.41, 5.74) is 4.65. The number of fused-ring (bicyclic) bond motifs is 1. The summed E-state index contributed by atoms with van der Waals surface area (Å²) in [6, 6.07) is 2.22. The van der Waals surface area contributed by atoms with Crippen LogP contribution < -0.4 is 5.73 Å². The van der Waals surface area contributed by atoms with Gasteiger partial charge >= 0.3 is 0 Å². The number of phenols is 2. The second-order valence-electron chi connectivity index (χ2n) is 4.13. The average molecular weight is 335 g/mol. The maximum absolute atomic E-state index is 11.2. The Balaban J connectivity index is 3.03. The molecule has 0 amide bonds. The van der Waals surface area contributed by atoms with Crippen LogP contribution in [0.2, 0.25) is 0 Å². The maximum atomic E-state index is 11.2. The molecule has 6 N–H and O–H groups in total. The van der Waals surface area contributed by atoms with Crippen molar-refractivity contribution in [3.63, 3.8) is 0 Å². The Kier molecular flexibility index (Phi) is 3.25. The van der Waals surface area contributed by atoms with Crippen molar-refractivity contribution in [2.75, 3.05) is 5.73 Å². The lowest BCUT2D eigenvalue weighted by atomic mass is 10.1. The van der Waals surface area contributed by atoms with Crippen LogP contribution in [0, 0.1) is 0 Å². The first kappa shape index (κ1) is 15.3. The molecule has 11 heteroatoms. The molecule has 0 radical (unpaired) electrons. The lowest BCUT2D eigenvalue weighted by Crippen LogP contribution is -2.04. The number of rotatable bonds is 2. The molecule has 0 aliphatic rings. The molecule has 9 nitrogen and oxygen atoms in total. The van der Waals surface area contributed by atoms with E-state index in [2.05, 4.69) is 0 Å². The first-order valence-corrected chi connectivity index (χ1v) is 8.04. The van der Waals surface area contributed by atoms with Crippen LogP contribution in [0.25, 0.3) is 10.8 Å². The lowest BCUT2D eigenvalue weighted by Gasteiger charge is -2.11. The minimum Gasteiger partial charge on any atom is -0.507 e. The fraction of sp³-hybridized carbons (Fsp3) is 0. The van der Waals surface area contributed by atoms with Gasteiger partial charge in [0.2, 0.25) is 0 Å². The van der Waals surface area contributed by atoms with Crippen molar-refractivity contribution in [3.05, 3.63) is 18.2 Å². The predicted octanol–water partition coefficient (Wildman–Crippen LogP) is 0.327. The van der Waals surface area contributed by atoms with Crippen LogP contribution in [-0.4, -0.2) is 36.2 Å². The summed E-state index contributed by atoms with van der Waals surface area (Å²) >= 11 is 0. The van der Waals surface area contributed by atoms with E-state index in [0.29, 0.717) is 6.07 Å². The number of nitrogens with two attached hydrogens (primary N) is 1. The zero-order chi connectivity index (χ0) is 16.2. The summed E-state index contributed by atoms with van der Waals surface area (Å²) in [4.78, 5) is -1.59. The second kappa shape index (κ2) is 4.46. The molecule has 2 aromatic carbocycles. The Bertz CT molecular complexity index is 962. The van der Waals surface area contributed by atoms with E-state index in [1.54, 1.807) is 0 Å². The van der Waals surface area contributed by atoms with Crippen LogP contribution in [0.4, 0.5) is 5.69 Å². The Morgan fingerprint density at radius 2 is 1.48 bits per heavy atom. The molecule has 0 spiro atoms. The summed E-state index contributed by atoms with van der Waals surface area (Å²) in [5.74, 6) is -1.59.